The van der Waals surface area contributed by atoms with Gasteiger partial charge in [-0.05, 0) is 68.5 Å². The Hall–Kier alpha value is -3.37. The lowest BCUT2D eigenvalue weighted by molar-refractivity contribution is -0.181. The summed E-state index contributed by atoms with van der Waals surface area (Å²) in [4.78, 5) is 67.6. The van der Waals surface area contributed by atoms with Crippen molar-refractivity contribution in [1.82, 2.24) is 4.90 Å². The third-order valence-corrected chi connectivity index (χ3v) is 8.06. The number of fused-ring (bicyclic) bond motifs is 3. The fourth-order valence-electron chi connectivity index (χ4n) is 6.40. The summed E-state index contributed by atoms with van der Waals surface area (Å²) in [6.07, 6.45) is 1.80. The quantitative estimate of drug-likeness (QED) is 0.361. The number of carbonyl (C=O) groups excluding carboxylic acids is 5. The standard InChI is InChI=1S/C28H34N2O8/c1-12(2)10-38-11-13(3)15-6-7-18(31)20-16(15)8-14-9-17-22(30(4)5)24(33)21(27(29)36)26(35)28(17,37)25(34)19(14)23(20)32/h6-7,11-12,14,17,19,21-22,31,37H,8-10H2,1-5H3,(H2,29,36)/t14-,17-,19?,21?,22-,28-/m0/s1. The maximum atomic E-state index is 13.8. The Kier molecular flexibility index (Phi) is 7.09. The highest BCUT2D eigenvalue weighted by atomic mass is 16.5. The number of Topliss-reactive ketones (excluding diaryl/α,β-unsaturated/α-hetero) is 4. The molecule has 0 bridgehead atoms. The van der Waals surface area contributed by atoms with Crippen molar-refractivity contribution < 1.29 is 38.9 Å². The van der Waals surface area contributed by atoms with Gasteiger partial charge in [-0.25, -0.2) is 0 Å². The van der Waals surface area contributed by atoms with Crippen LogP contribution >= 0.6 is 0 Å². The van der Waals surface area contributed by atoms with Crippen LogP contribution in [0.3, 0.4) is 0 Å². The van der Waals surface area contributed by atoms with E-state index in [2.05, 4.69) is 0 Å². The van der Waals surface area contributed by atoms with Gasteiger partial charge in [-0.2, -0.15) is 0 Å². The summed E-state index contributed by atoms with van der Waals surface area (Å²) in [5.41, 5.74) is 4.52. The molecule has 4 N–H and O–H groups in total. The highest BCUT2D eigenvalue weighted by Gasteiger charge is 2.69. The molecule has 204 valence electrons. The molecule has 2 unspecified atom stereocenters. The minimum atomic E-state index is -2.73. The van der Waals surface area contributed by atoms with Crippen molar-refractivity contribution in [2.75, 3.05) is 20.7 Å². The third-order valence-electron chi connectivity index (χ3n) is 8.06. The number of primary amides is 1. The van der Waals surface area contributed by atoms with E-state index < -0.39 is 64.4 Å². The fraction of sp³-hybridized carbons (Fsp3) is 0.536. The second-order valence-electron chi connectivity index (χ2n) is 11.3. The smallest absolute Gasteiger partial charge is 0.235 e. The number of aromatic hydroxyl groups is 1. The first-order valence-corrected chi connectivity index (χ1v) is 12.7. The number of hydrogen-bond donors (Lipinski definition) is 3. The molecule has 2 fully saturated rings. The van der Waals surface area contributed by atoms with E-state index in [0.29, 0.717) is 23.7 Å². The maximum Gasteiger partial charge on any atom is 0.235 e. The predicted molar refractivity (Wildman–Crippen MR) is 136 cm³/mol. The Morgan fingerprint density at radius 1 is 1.21 bits per heavy atom. The molecule has 10 nitrogen and oxygen atoms in total. The van der Waals surface area contributed by atoms with Gasteiger partial charge in [0.15, 0.2) is 34.7 Å². The number of benzene rings is 1. The highest BCUT2D eigenvalue weighted by Crippen LogP contribution is 2.51. The molecule has 1 aromatic carbocycles. The lowest BCUT2D eigenvalue weighted by atomic mass is 9.52. The summed E-state index contributed by atoms with van der Waals surface area (Å²) >= 11 is 0. The first kappa shape index (κ1) is 27.7. The van der Waals surface area contributed by atoms with Crippen LogP contribution < -0.4 is 5.73 Å². The van der Waals surface area contributed by atoms with E-state index >= 15 is 0 Å². The van der Waals surface area contributed by atoms with Gasteiger partial charge < -0.3 is 20.7 Å². The number of ketones is 4. The summed E-state index contributed by atoms with van der Waals surface area (Å²) in [5, 5.41) is 22.3. The first-order chi connectivity index (χ1) is 17.7. The summed E-state index contributed by atoms with van der Waals surface area (Å²) < 4.78 is 5.65. The molecule has 10 heteroatoms. The first-order valence-electron chi connectivity index (χ1n) is 12.7. The molecule has 38 heavy (non-hydrogen) atoms. The molecule has 3 aliphatic carbocycles. The number of nitrogens with zero attached hydrogens (tertiary/aromatic N) is 1. The second kappa shape index (κ2) is 9.74. The molecule has 0 radical (unpaired) electrons. The minimum absolute atomic E-state index is 0.00556. The summed E-state index contributed by atoms with van der Waals surface area (Å²) in [7, 11) is 3.10. The zero-order valence-corrected chi connectivity index (χ0v) is 22.2. The number of carbonyl (C=O) groups is 5. The Morgan fingerprint density at radius 3 is 2.45 bits per heavy atom. The maximum absolute atomic E-state index is 13.8. The molecule has 0 saturated heterocycles. The average molecular weight is 527 g/mol. The topological polar surface area (TPSA) is 164 Å². The normalized spacial score (nSPS) is 31.3. The van der Waals surface area contributed by atoms with Gasteiger partial charge in [-0.1, -0.05) is 19.9 Å². The SMILES string of the molecule is CC(=COCC(C)C)c1ccc(O)c2c1C[C@H]1C[C@H]3[C@H](N(C)C)C(=O)C(C(N)=O)C(=O)[C@@]3(O)C(=O)C1C2=O. The summed E-state index contributed by atoms with van der Waals surface area (Å²) in [6, 6.07) is 1.92. The zero-order valence-electron chi connectivity index (χ0n) is 22.2. The van der Waals surface area contributed by atoms with Crippen molar-refractivity contribution in [1.29, 1.82) is 0 Å². The third kappa shape index (κ3) is 4.06. The monoisotopic (exact) mass is 526 g/mol. The van der Waals surface area contributed by atoms with Gasteiger partial charge in [0.25, 0.3) is 0 Å². The Bertz CT molecular complexity index is 1270. The lowest BCUT2D eigenvalue weighted by Crippen LogP contribution is -2.74. The summed E-state index contributed by atoms with van der Waals surface area (Å²) in [5.74, 6) is -10.3. The van der Waals surface area contributed by atoms with Crippen molar-refractivity contribution in [3.8, 4) is 5.75 Å². The van der Waals surface area contributed by atoms with Gasteiger partial charge in [0.2, 0.25) is 5.91 Å². The molecular formula is C28H34N2O8. The van der Waals surface area contributed by atoms with E-state index in [4.69, 9.17) is 10.5 Å². The van der Waals surface area contributed by atoms with Crippen molar-refractivity contribution in [3.05, 3.63) is 35.1 Å². The van der Waals surface area contributed by atoms with Gasteiger partial charge in [-0.3, -0.25) is 28.9 Å². The molecular weight excluding hydrogens is 492 g/mol. The number of amides is 1. The van der Waals surface area contributed by atoms with Crippen LogP contribution in [0, 0.1) is 29.6 Å². The molecule has 1 amide bonds. The largest absolute Gasteiger partial charge is 0.507 e. The predicted octanol–water partition coefficient (Wildman–Crippen LogP) is 0.900. The van der Waals surface area contributed by atoms with Gasteiger partial charge in [0.1, 0.15) is 5.75 Å². The van der Waals surface area contributed by atoms with Crippen molar-refractivity contribution >= 4 is 34.6 Å². The Labute approximate surface area is 220 Å². The van der Waals surface area contributed by atoms with E-state index in [0.717, 1.165) is 5.57 Å². The fourth-order valence-corrected chi connectivity index (χ4v) is 6.40. The number of ether oxygens (including phenoxy) is 1. The van der Waals surface area contributed by atoms with E-state index in [1.54, 1.807) is 26.4 Å². The average Bonchev–Trinajstić information content (AvgIpc) is 2.80. The van der Waals surface area contributed by atoms with E-state index in [1.807, 2.05) is 20.8 Å². The molecule has 0 aliphatic heterocycles. The molecule has 0 aromatic heterocycles. The lowest BCUT2D eigenvalue weighted by Gasteiger charge is -2.52. The number of phenolic OH excluding ortho intramolecular Hbond substituents is 1. The Morgan fingerprint density at radius 2 is 1.87 bits per heavy atom. The second-order valence-corrected chi connectivity index (χ2v) is 11.3. The van der Waals surface area contributed by atoms with Crippen molar-refractivity contribution in [3.63, 3.8) is 0 Å². The zero-order chi connectivity index (χ0) is 28.3. The van der Waals surface area contributed by atoms with E-state index in [-0.39, 0.29) is 24.2 Å². The van der Waals surface area contributed by atoms with Crippen molar-refractivity contribution in [2.24, 2.45) is 35.3 Å². The molecule has 2 saturated carbocycles. The van der Waals surface area contributed by atoms with Gasteiger partial charge in [0.05, 0.1) is 30.4 Å². The number of likely N-dealkylation sites (N-methyl/N-ethyl adjacent to an activating group) is 1. The molecule has 6 atom stereocenters. The molecule has 0 spiro atoms. The van der Waals surface area contributed by atoms with Crippen LogP contribution in [-0.4, -0.2) is 76.5 Å². The molecule has 0 heterocycles. The van der Waals surface area contributed by atoms with Crippen LogP contribution in [0.25, 0.3) is 5.57 Å². The van der Waals surface area contributed by atoms with Crippen LogP contribution in [0.4, 0.5) is 0 Å². The minimum Gasteiger partial charge on any atom is -0.507 e. The van der Waals surface area contributed by atoms with Gasteiger partial charge in [0, 0.05) is 5.92 Å². The van der Waals surface area contributed by atoms with Crippen LogP contribution in [0.2, 0.25) is 0 Å². The molecule has 4 rings (SSSR count). The number of phenols is 1. The number of allylic oxidation sites excluding steroid dienone is 1. The van der Waals surface area contributed by atoms with Crippen LogP contribution in [-0.2, 0) is 30.3 Å². The number of nitrogens with two attached hydrogens (primary N) is 1. The molecule has 1 aromatic rings. The van der Waals surface area contributed by atoms with Gasteiger partial charge in [-0.15, -0.1) is 0 Å². The number of rotatable bonds is 6. The number of hydrogen-bond acceptors (Lipinski definition) is 9. The number of aliphatic hydroxyl groups is 1. The Balaban J connectivity index is 1.82. The van der Waals surface area contributed by atoms with Crippen LogP contribution in [0.1, 0.15) is 48.7 Å². The van der Waals surface area contributed by atoms with E-state index in [9.17, 15) is 34.2 Å². The van der Waals surface area contributed by atoms with Crippen molar-refractivity contribution in [2.45, 2.75) is 45.3 Å². The molecule has 3 aliphatic rings. The highest BCUT2D eigenvalue weighted by molar-refractivity contribution is 6.32. The van der Waals surface area contributed by atoms with Gasteiger partial charge >= 0.3 is 0 Å². The van der Waals surface area contributed by atoms with E-state index in [1.165, 1.54) is 11.0 Å². The summed E-state index contributed by atoms with van der Waals surface area (Å²) in [6.45, 7) is 6.34. The van der Waals surface area contributed by atoms with Crippen LogP contribution in [0.5, 0.6) is 5.75 Å². The van der Waals surface area contributed by atoms with Crippen LogP contribution in [0.15, 0.2) is 18.4 Å².